The van der Waals surface area contributed by atoms with Gasteiger partial charge < -0.3 is 14.8 Å². The number of halogens is 1. The molecule has 0 spiro atoms. The van der Waals surface area contributed by atoms with E-state index in [1.807, 2.05) is 30.3 Å². The zero-order valence-electron chi connectivity index (χ0n) is 19.3. The molecule has 4 aromatic carbocycles. The zero-order valence-corrected chi connectivity index (χ0v) is 20.1. The predicted octanol–water partition coefficient (Wildman–Crippen LogP) is 5.47. The average molecular weight is 507 g/mol. The number of carbonyl (C=O) groups excluding carboxylic acids is 1. The van der Waals surface area contributed by atoms with Crippen LogP contribution < -0.4 is 19.5 Å². The largest absolute Gasteiger partial charge is 0.495 e. The van der Waals surface area contributed by atoms with E-state index in [-0.39, 0.29) is 21.9 Å². The molecule has 0 aromatic heterocycles. The van der Waals surface area contributed by atoms with Gasteiger partial charge in [0.05, 0.1) is 23.3 Å². The Morgan fingerprint density at radius 1 is 0.889 bits per heavy atom. The molecule has 184 valence electrons. The molecule has 0 fully saturated rings. The van der Waals surface area contributed by atoms with Crippen molar-refractivity contribution in [1.29, 1.82) is 0 Å². The maximum Gasteiger partial charge on any atom is 0.261 e. The van der Waals surface area contributed by atoms with Crippen LogP contribution in [0.5, 0.6) is 11.5 Å². The highest BCUT2D eigenvalue weighted by atomic mass is 32.2. The van der Waals surface area contributed by atoms with Crippen LogP contribution in [0.2, 0.25) is 0 Å². The van der Waals surface area contributed by atoms with E-state index in [2.05, 4.69) is 10.0 Å². The van der Waals surface area contributed by atoms with E-state index in [1.54, 1.807) is 24.3 Å². The molecule has 0 saturated heterocycles. The minimum absolute atomic E-state index is 0.0817. The van der Waals surface area contributed by atoms with Crippen LogP contribution in [0.25, 0.3) is 0 Å². The quantitative estimate of drug-likeness (QED) is 0.314. The first-order valence-corrected chi connectivity index (χ1v) is 12.4. The van der Waals surface area contributed by atoms with Crippen molar-refractivity contribution in [3.63, 3.8) is 0 Å². The first-order chi connectivity index (χ1) is 17.4. The summed E-state index contributed by atoms with van der Waals surface area (Å²) in [6.45, 7) is 0.388. The van der Waals surface area contributed by atoms with Crippen molar-refractivity contribution >= 4 is 27.3 Å². The number of amides is 1. The Hall–Kier alpha value is -4.37. The van der Waals surface area contributed by atoms with Crippen molar-refractivity contribution in [1.82, 2.24) is 0 Å². The predicted molar refractivity (Wildman–Crippen MR) is 135 cm³/mol. The first-order valence-electron chi connectivity index (χ1n) is 10.9. The second kappa shape index (κ2) is 10.9. The fraction of sp³-hybridized carbons (Fsp3) is 0.0741. The van der Waals surface area contributed by atoms with Gasteiger partial charge in [0.15, 0.2) is 0 Å². The fourth-order valence-electron chi connectivity index (χ4n) is 3.36. The van der Waals surface area contributed by atoms with Gasteiger partial charge in [-0.25, -0.2) is 12.8 Å². The van der Waals surface area contributed by atoms with Crippen LogP contribution in [0.15, 0.2) is 102 Å². The van der Waals surface area contributed by atoms with Crippen LogP contribution in [-0.2, 0) is 16.6 Å². The monoisotopic (exact) mass is 506 g/mol. The van der Waals surface area contributed by atoms with E-state index in [0.717, 1.165) is 11.6 Å². The minimum Gasteiger partial charge on any atom is -0.495 e. The summed E-state index contributed by atoms with van der Waals surface area (Å²) in [5, 5.41) is 2.52. The molecule has 0 saturated carbocycles. The second-order valence-electron chi connectivity index (χ2n) is 7.70. The van der Waals surface area contributed by atoms with Crippen LogP contribution in [0.3, 0.4) is 0 Å². The minimum atomic E-state index is -4.01. The SMILES string of the molecule is COc1ccc(S(=O)(=O)Nc2ccc(OCc3ccccc3)cc2)cc1NC(=O)c1ccccc1F. The highest BCUT2D eigenvalue weighted by Crippen LogP contribution is 2.29. The Morgan fingerprint density at radius 2 is 1.58 bits per heavy atom. The summed E-state index contributed by atoms with van der Waals surface area (Å²) in [6.07, 6.45) is 0. The summed E-state index contributed by atoms with van der Waals surface area (Å²) in [5.41, 5.74) is 1.24. The molecule has 4 rings (SSSR count). The molecule has 0 atom stereocenters. The molecular formula is C27H23FN2O5S. The zero-order chi connectivity index (χ0) is 25.5. The van der Waals surface area contributed by atoms with Gasteiger partial charge >= 0.3 is 0 Å². The van der Waals surface area contributed by atoms with Gasteiger partial charge in [-0.1, -0.05) is 42.5 Å². The van der Waals surface area contributed by atoms with Gasteiger partial charge in [-0.2, -0.15) is 0 Å². The molecule has 0 aliphatic rings. The third-order valence-corrected chi connectivity index (χ3v) is 6.58. The number of anilines is 2. The lowest BCUT2D eigenvalue weighted by Crippen LogP contribution is -2.16. The van der Waals surface area contributed by atoms with Crippen molar-refractivity contribution in [2.45, 2.75) is 11.5 Å². The molecule has 36 heavy (non-hydrogen) atoms. The van der Waals surface area contributed by atoms with Gasteiger partial charge in [0.1, 0.15) is 23.9 Å². The van der Waals surface area contributed by atoms with Crippen LogP contribution in [0.1, 0.15) is 15.9 Å². The van der Waals surface area contributed by atoms with Crippen LogP contribution in [0.4, 0.5) is 15.8 Å². The summed E-state index contributed by atoms with van der Waals surface area (Å²) < 4.78 is 53.5. The smallest absolute Gasteiger partial charge is 0.261 e. The number of carbonyl (C=O) groups is 1. The van der Waals surface area contributed by atoms with E-state index >= 15 is 0 Å². The highest BCUT2D eigenvalue weighted by molar-refractivity contribution is 7.92. The summed E-state index contributed by atoms with van der Waals surface area (Å²) in [6, 6.07) is 25.6. The number of sulfonamides is 1. The normalized spacial score (nSPS) is 10.9. The van der Waals surface area contributed by atoms with Crippen molar-refractivity contribution in [2.75, 3.05) is 17.1 Å². The van der Waals surface area contributed by atoms with Gasteiger partial charge in [0.25, 0.3) is 15.9 Å². The van der Waals surface area contributed by atoms with Crippen LogP contribution in [0, 0.1) is 5.82 Å². The second-order valence-corrected chi connectivity index (χ2v) is 9.38. The summed E-state index contributed by atoms with van der Waals surface area (Å²) in [7, 11) is -2.63. The maximum absolute atomic E-state index is 14.0. The summed E-state index contributed by atoms with van der Waals surface area (Å²) >= 11 is 0. The molecule has 4 aromatic rings. The average Bonchev–Trinajstić information content (AvgIpc) is 2.89. The van der Waals surface area contributed by atoms with Crippen molar-refractivity contribution in [3.8, 4) is 11.5 Å². The van der Waals surface area contributed by atoms with Crippen molar-refractivity contribution in [3.05, 3.63) is 114 Å². The lowest BCUT2D eigenvalue weighted by molar-refractivity contribution is 0.102. The maximum atomic E-state index is 14.0. The lowest BCUT2D eigenvalue weighted by atomic mass is 10.2. The number of hydrogen-bond donors (Lipinski definition) is 2. The molecule has 1 amide bonds. The summed E-state index contributed by atoms with van der Waals surface area (Å²) in [4.78, 5) is 12.4. The molecule has 0 bridgehead atoms. The Kier molecular flexibility index (Phi) is 7.50. The highest BCUT2D eigenvalue weighted by Gasteiger charge is 2.19. The molecule has 0 unspecified atom stereocenters. The van der Waals surface area contributed by atoms with Crippen LogP contribution >= 0.6 is 0 Å². The van der Waals surface area contributed by atoms with E-state index in [4.69, 9.17) is 9.47 Å². The number of ether oxygens (including phenoxy) is 2. The van der Waals surface area contributed by atoms with E-state index in [1.165, 1.54) is 43.5 Å². The first kappa shape index (κ1) is 24.7. The van der Waals surface area contributed by atoms with Gasteiger partial charge in [0.2, 0.25) is 0 Å². The molecular weight excluding hydrogens is 483 g/mol. The third kappa shape index (κ3) is 6.00. The van der Waals surface area contributed by atoms with E-state index in [0.29, 0.717) is 18.0 Å². The van der Waals surface area contributed by atoms with Crippen molar-refractivity contribution in [2.24, 2.45) is 0 Å². The number of hydrogen-bond acceptors (Lipinski definition) is 5. The molecule has 9 heteroatoms. The number of methoxy groups -OCH3 is 1. The van der Waals surface area contributed by atoms with Gasteiger partial charge in [-0.15, -0.1) is 0 Å². The Labute approximate surface area is 208 Å². The van der Waals surface area contributed by atoms with E-state index in [9.17, 15) is 17.6 Å². The molecule has 0 aliphatic carbocycles. The number of benzene rings is 4. The van der Waals surface area contributed by atoms with E-state index < -0.39 is 21.7 Å². The molecule has 0 radical (unpaired) electrons. The van der Waals surface area contributed by atoms with Crippen molar-refractivity contribution < 1.29 is 27.1 Å². The molecule has 2 N–H and O–H groups in total. The molecule has 7 nitrogen and oxygen atoms in total. The number of nitrogens with one attached hydrogen (secondary N) is 2. The lowest BCUT2D eigenvalue weighted by Gasteiger charge is -2.14. The molecule has 0 heterocycles. The van der Waals surface area contributed by atoms with Crippen LogP contribution in [-0.4, -0.2) is 21.4 Å². The van der Waals surface area contributed by atoms with Gasteiger partial charge in [0, 0.05) is 5.69 Å². The Bertz CT molecular complexity index is 1460. The fourth-order valence-corrected chi connectivity index (χ4v) is 4.45. The number of rotatable bonds is 9. The van der Waals surface area contributed by atoms with Gasteiger partial charge in [-0.3, -0.25) is 9.52 Å². The Balaban J connectivity index is 1.48. The summed E-state index contributed by atoms with van der Waals surface area (Å²) in [5.74, 6) is -0.626. The third-order valence-electron chi connectivity index (χ3n) is 5.20. The topological polar surface area (TPSA) is 93.7 Å². The van der Waals surface area contributed by atoms with Gasteiger partial charge in [-0.05, 0) is 60.2 Å². The Morgan fingerprint density at radius 3 is 2.28 bits per heavy atom. The standard InChI is InChI=1S/C27H23FN2O5S/c1-34-26-16-15-22(17-25(26)29-27(31)23-9-5-6-10-24(23)28)36(32,33)30-20-11-13-21(14-12-20)35-18-19-7-3-2-4-8-19/h2-17,30H,18H2,1H3,(H,29,31). The molecule has 0 aliphatic heterocycles.